The molecule has 2 aliphatic rings. The molecular formula is C15H17ClF3NO. The van der Waals surface area contributed by atoms with E-state index in [-0.39, 0.29) is 18.9 Å². The molecule has 1 spiro atoms. The third kappa shape index (κ3) is 2.86. The average Bonchev–Trinajstić information content (AvgIpc) is 2.39. The molecule has 2 nitrogen and oxygen atoms in total. The molecule has 1 heterocycles. The van der Waals surface area contributed by atoms with Gasteiger partial charge in [-0.05, 0) is 43.9 Å². The zero-order valence-corrected chi connectivity index (χ0v) is 12.2. The van der Waals surface area contributed by atoms with E-state index in [1.807, 2.05) is 0 Å². The highest BCUT2D eigenvalue weighted by atomic mass is 35.5. The normalized spacial score (nSPS) is 32.6. The van der Waals surface area contributed by atoms with E-state index in [0.717, 1.165) is 5.56 Å². The molecule has 116 valence electrons. The van der Waals surface area contributed by atoms with Gasteiger partial charge in [-0.15, -0.1) is 0 Å². The molecule has 6 heteroatoms. The smallest absolute Gasteiger partial charge is 0.391 e. The Balaban J connectivity index is 1.89. The van der Waals surface area contributed by atoms with Crippen molar-refractivity contribution in [3.63, 3.8) is 0 Å². The Morgan fingerprint density at radius 2 is 2.05 bits per heavy atom. The maximum absolute atomic E-state index is 13.0. The van der Waals surface area contributed by atoms with Crippen LogP contribution in [0.1, 0.15) is 43.7 Å². The van der Waals surface area contributed by atoms with Gasteiger partial charge >= 0.3 is 6.18 Å². The first-order valence-corrected chi connectivity index (χ1v) is 7.48. The fourth-order valence-electron chi connectivity index (χ4n) is 3.57. The maximum atomic E-state index is 13.0. The number of rotatable bonds is 0. The van der Waals surface area contributed by atoms with Gasteiger partial charge in [-0.1, -0.05) is 11.6 Å². The fraction of sp³-hybridized carbons (Fsp3) is 0.600. The van der Waals surface area contributed by atoms with E-state index >= 15 is 0 Å². The van der Waals surface area contributed by atoms with Crippen LogP contribution in [0.3, 0.4) is 0 Å². The number of alkyl halides is 3. The third-order valence-electron chi connectivity index (χ3n) is 4.56. The van der Waals surface area contributed by atoms with Crippen LogP contribution in [-0.4, -0.2) is 11.8 Å². The van der Waals surface area contributed by atoms with Crippen molar-refractivity contribution >= 4 is 11.6 Å². The molecule has 3 atom stereocenters. The van der Waals surface area contributed by atoms with Crippen molar-refractivity contribution in [2.45, 2.75) is 49.9 Å². The Bertz CT molecular complexity index is 548. The number of halogens is 4. The van der Waals surface area contributed by atoms with Gasteiger partial charge in [0.2, 0.25) is 0 Å². The number of fused-ring (bicyclic) bond motifs is 1. The van der Waals surface area contributed by atoms with Gasteiger partial charge in [-0.25, -0.2) is 0 Å². The van der Waals surface area contributed by atoms with Gasteiger partial charge in [0, 0.05) is 23.0 Å². The summed E-state index contributed by atoms with van der Waals surface area (Å²) in [5.41, 5.74) is 6.14. The van der Waals surface area contributed by atoms with E-state index in [0.29, 0.717) is 30.0 Å². The topological polar surface area (TPSA) is 35.2 Å². The fourth-order valence-corrected chi connectivity index (χ4v) is 3.75. The van der Waals surface area contributed by atoms with Crippen LogP contribution in [0.25, 0.3) is 0 Å². The van der Waals surface area contributed by atoms with Crippen LogP contribution in [0.5, 0.6) is 5.75 Å². The van der Waals surface area contributed by atoms with Crippen molar-refractivity contribution in [2.75, 3.05) is 0 Å². The van der Waals surface area contributed by atoms with E-state index in [1.54, 1.807) is 18.2 Å². The molecule has 1 aliphatic heterocycles. The van der Waals surface area contributed by atoms with Crippen LogP contribution in [0.2, 0.25) is 5.02 Å². The number of benzene rings is 1. The predicted molar refractivity (Wildman–Crippen MR) is 74.4 cm³/mol. The van der Waals surface area contributed by atoms with Gasteiger partial charge in [0.05, 0.1) is 5.92 Å². The van der Waals surface area contributed by atoms with Gasteiger partial charge in [-0.3, -0.25) is 0 Å². The van der Waals surface area contributed by atoms with Crippen molar-refractivity contribution in [2.24, 2.45) is 11.7 Å². The van der Waals surface area contributed by atoms with Crippen LogP contribution in [0.15, 0.2) is 18.2 Å². The standard InChI is InChI=1S/C15H17ClF3NO/c16-10-3-4-13-11(6-10)12(20)8-14(21-13)5-1-2-9(7-14)15(17,18)19/h3-4,6,9,12H,1-2,5,7-8,20H2/t9?,12-,14?/m1/s1. The van der Waals surface area contributed by atoms with Crippen LogP contribution in [0.4, 0.5) is 13.2 Å². The van der Waals surface area contributed by atoms with Crippen LogP contribution < -0.4 is 10.5 Å². The molecule has 0 radical (unpaired) electrons. The summed E-state index contributed by atoms with van der Waals surface area (Å²) >= 11 is 5.94. The molecule has 1 fully saturated rings. The molecule has 1 saturated carbocycles. The molecule has 2 N–H and O–H groups in total. The Labute approximate surface area is 126 Å². The highest BCUT2D eigenvalue weighted by molar-refractivity contribution is 6.30. The highest BCUT2D eigenvalue weighted by Crippen LogP contribution is 2.50. The Morgan fingerprint density at radius 3 is 2.76 bits per heavy atom. The highest BCUT2D eigenvalue weighted by Gasteiger charge is 2.50. The Kier molecular flexibility index (Phi) is 3.61. The molecule has 0 saturated heterocycles. The summed E-state index contributed by atoms with van der Waals surface area (Å²) in [5, 5.41) is 0.556. The third-order valence-corrected chi connectivity index (χ3v) is 4.79. The molecule has 2 unspecified atom stereocenters. The SMILES string of the molecule is N[C@@H]1CC2(CCCC(C(F)(F)F)C2)Oc2ccc(Cl)cc21. The van der Waals surface area contributed by atoms with Gasteiger partial charge < -0.3 is 10.5 Å². The van der Waals surface area contributed by atoms with E-state index in [4.69, 9.17) is 22.1 Å². The lowest BCUT2D eigenvalue weighted by Gasteiger charge is -2.46. The van der Waals surface area contributed by atoms with Gasteiger partial charge in [0.15, 0.2) is 0 Å². The first kappa shape index (κ1) is 15.0. The number of hydrogen-bond donors (Lipinski definition) is 1. The lowest BCUT2D eigenvalue weighted by Crippen LogP contribution is -2.48. The van der Waals surface area contributed by atoms with Crippen molar-refractivity contribution in [3.05, 3.63) is 28.8 Å². The summed E-state index contributed by atoms with van der Waals surface area (Å²) in [6, 6.07) is 4.78. The van der Waals surface area contributed by atoms with Crippen LogP contribution >= 0.6 is 11.6 Å². The minimum atomic E-state index is -4.17. The largest absolute Gasteiger partial charge is 0.487 e. The maximum Gasteiger partial charge on any atom is 0.391 e. The quantitative estimate of drug-likeness (QED) is 0.757. The second-order valence-corrected chi connectivity index (χ2v) is 6.55. The minimum absolute atomic E-state index is 0.00767. The second-order valence-electron chi connectivity index (χ2n) is 6.11. The lowest BCUT2D eigenvalue weighted by molar-refractivity contribution is -0.199. The van der Waals surface area contributed by atoms with E-state index < -0.39 is 17.7 Å². The first-order valence-electron chi connectivity index (χ1n) is 7.10. The van der Waals surface area contributed by atoms with E-state index in [1.165, 1.54) is 0 Å². The summed E-state index contributed by atoms with van der Waals surface area (Å²) in [6.45, 7) is 0. The van der Waals surface area contributed by atoms with Gasteiger partial charge in [-0.2, -0.15) is 13.2 Å². The van der Waals surface area contributed by atoms with Gasteiger partial charge in [0.1, 0.15) is 11.4 Å². The zero-order valence-electron chi connectivity index (χ0n) is 11.4. The lowest BCUT2D eigenvalue weighted by atomic mass is 9.72. The molecule has 1 aromatic carbocycles. The molecule has 21 heavy (non-hydrogen) atoms. The van der Waals surface area contributed by atoms with Crippen molar-refractivity contribution in [1.29, 1.82) is 0 Å². The zero-order chi connectivity index (χ0) is 15.3. The van der Waals surface area contributed by atoms with Crippen molar-refractivity contribution < 1.29 is 17.9 Å². The molecule has 0 amide bonds. The summed E-state index contributed by atoms with van der Waals surface area (Å²) < 4.78 is 45.0. The molecule has 3 rings (SSSR count). The van der Waals surface area contributed by atoms with Crippen LogP contribution in [0, 0.1) is 5.92 Å². The molecular weight excluding hydrogens is 303 g/mol. The summed E-state index contributed by atoms with van der Waals surface area (Å²) in [7, 11) is 0. The summed E-state index contributed by atoms with van der Waals surface area (Å²) in [6.07, 6.45) is -2.45. The molecule has 1 aromatic rings. The second kappa shape index (κ2) is 5.06. The molecule has 0 aromatic heterocycles. The van der Waals surface area contributed by atoms with E-state index in [2.05, 4.69) is 0 Å². The average molecular weight is 320 g/mol. The Hall–Kier alpha value is -0.940. The molecule has 0 bridgehead atoms. The van der Waals surface area contributed by atoms with Crippen LogP contribution in [-0.2, 0) is 0 Å². The summed E-state index contributed by atoms with van der Waals surface area (Å²) in [5.74, 6) is -0.728. The number of ether oxygens (including phenoxy) is 1. The van der Waals surface area contributed by atoms with E-state index in [9.17, 15) is 13.2 Å². The minimum Gasteiger partial charge on any atom is -0.487 e. The van der Waals surface area contributed by atoms with Crippen molar-refractivity contribution in [1.82, 2.24) is 0 Å². The first-order chi connectivity index (χ1) is 9.79. The number of hydrogen-bond acceptors (Lipinski definition) is 2. The molecule has 1 aliphatic carbocycles. The van der Waals surface area contributed by atoms with Crippen molar-refractivity contribution in [3.8, 4) is 5.75 Å². The monoisotopic (exact) mass is 319 g/mol. The van der Waals surface area contributed by atoms with Gasteiger partial charge in [0.25, 0.3) is 0 Å². The predicted octanol–water partition coefficient (Wildman–Crippen LogP) is 4.61. The summed E-state index contributed by atoms with van der Waals surface area (Å²) in [4.78, 5) is 0. The number of nitrogens with two attached hydrogens (primary N) is 1. The Morgan fingerprint density at radius 1 is 1.29 bits per heavy atom.